The molecule has 0 spiro atoms. The second kappa shape index (κ2) is 8.39. The number of amides is 1. The van der Waals surface area contributed by atoms with Gasteiger partial charge in [0.1, 0.15) is 0 Å². The van der Waals surface area contributed by atoms with E-state index in [0.717, 1.165) is 34.4 Å². The number of nitrogens with two attached hydrogens (primary N) is 1. The summed E-state index contributed by atoms with van der Waals surface area (Å²) in [6.45, 7) is 7.31. The van der Waals surface area contributed by atoms with Crippen LogP contribution in [-0.4, -0.2) is 17.0 Å². The maximum atomic E-state index is 12.8. The number of rotatable bonds is 5. The normalized spacial score (nSPS) is 11.8. The number of hydrogen-bond donors (Lipinski definition) is 2. The Kier molecular flexibility index (Phi) is 6.46. The largest absolute Gasteiger partial charge is 0.349 e. The minimum atomic E-state index is -0.207. The van der Waals surface area contributed by atoms with Crippen LogP contribution < -0.4 is 11.1 Å². The van der Waals surface area contributed by atoms with E-state index in [1.165, 1.54) is 5.39 Å². The van der Waals surface area contributed by atoms with Crippen molar-refractivity contribution in [2.24, 2.45) is 5.73 Å². The van der Waals surface area contributed by atoms with Gasteiger partial charge < -0.3 is 15.6 Å². The molecule has 0 aliphatic heterocycles. The summed E-state index contributed by atoms with van der Waals surface area (Å²) in [5.74, 6) is -0.0728. The van der Waals surface area contributed by atoms with Crippen LogP contribution in [0.5, 0.6) is 0 Å². The van der Waals surface area contributed by atoms with Crippen LogP contribution in [-0.2, 0) is 6.54 Å². The molecule has 3 rings (SSSR count). The van der Waals surface area contributed by atoms with Gasteiger partial charge in [0.05, 0.1) is 11.6 Å². The fourth-order valence-electron chi connectivity index (χ4n) is 3.46. The van der Waals surface area contributed by atoms with Crippen molar-refractivity contribution in [3.8, 4) is 0 Å². The Balaban J connectivity index is 0.00000243. The van der Waals surface area contributed by atoms with Crippen LogP contribution in [0.4, 0.5) is 0 Å². The fraction of sp³-hybridized carbons (Fsp3) is 0.286. The summed E-state index contributed by atoms with van der Waals surface area (Å²) in [6.07, 6.45) is 0. The highest BCUT2D eigenvalue weighted by Gasteiger charge is 2.19. The van der Waals surface area contributed by atoms with E-state index in [1.54, 1.807) is 0 Å². The molecule has 26 heavy (non-hydrogen) atoms. The lowest BCUT2D eigenvalue weighted by Gasteiger charge is -2.18. The Morgan fingerprint density at radius 2 is 1.81 bits per heavy atom. The van der Waals surface area contributed by atoms with Gasteiger partial charge in [-0.05, 0) is 49.2 Å². The first kappa shape index (κ1) is 20.0. The monoisotopic (exact) mass is 371 g/mol. The fourth-order valence-corrected chi connectivity index (χ4v) is 3.46. The number of fused-ring (bicyclic) bond motifs is 1. The molecule has 0 radical (unpaired) electrons. The van der Waals surface area contributed by atoms with Gasteiger partial charge in [0.2, 0.25) is 0 Å². The molecule has 1 unspecified atom stereocenters. The zero-order valence-corrected chi connectivity index (χ0v) is 16.3. The van der Waals surface area contributed by atoms with Crippen molar-refractivity contribution in [2.75, 3.05) is 6.54 Å². The highest BCUT2D eigenvalue weighted by Crippen LogP contribution is 2.21. The van der Waals surface area contributed by atoms with Gasteiger partial charge >= 0.3 is 0 Å². The number of halogens is 1. The molecule has 0 saturated heterocycles. The van der Waals surface area contributed by atoms with Crippen molar-refractivity contribution < 1.29 is 4.79 Å². The maximum absolute atomic E-state index is 12.8. The predicted octanol–water partition coefficient (Wildman–Crippen LogP) is 4.13. The molecule has 0 aliphatic rings. The van der Waals surface area contributed by atoms with E-state index in [9.17, 15) is 4.79 Å². The summed E-state index contributed by atoms with van der Waals surface area (Å²) in [5, 5.41) is 5.42. The van der Waals surface area contributed by atoms with E-state index in [4.69, 9.17) is 5.73 Å². The third-order valence-electron chi connectivity index (χ3n) is 4.85. The molecule has 2 aromatic carbocycles. The van der Waals surface area contributed by atoms with Crippen LogP contribution in [0.1, 0.15) is 40.3 Å². The maximum Gasteiger partial charge on any atom is 0.253 e. The minimum absolute atomic E-state index is 0. The SMILES string of the molecule is CCn1c(C)cc(C(=O)NC(CN)c2ccc3ccccc3c2)c1C.Cl. The minimum Gasteiger partial charge on any atom is -0.349 e. The van der Waals surface area contributed by atoms with Crippen molar-refractivity contribution in [1.29, 1.82) is 0 Å². The highest BCUT2D eigenvalue weighted by molar-refractivity contribution is 5.96. The van der Waals surface area contributed by atoms with Gasteiger partial charge in [-0.2, -0.15) is 0 Å². The third kappa shape index (κ3) is 3.76. The molecule has 138 valence electrons. The van der Waals surface area contributed by atoms with Crippen molar-refractivity contribution >= 4 is 29.1 Å². The Hall–Kier alpha value is -2.30. The van der Waals surface area contributed by atoms with Crippen LogP contribution in [0.2, 0.25) is 0 Å². The molecular formula is C21H26ClN3O. The topological polar surface area (TPSA) is 60.0 Å². The lowest BCUT2D eigenvalue weighted by Crippen LogP contribution is -2.33. The van der Waals surface area contributed by atoms with Crippen LogP contribution >= 0.6 is 12.4 Å². The molecule has 0 aliphatic carbocycles. The van der Waals surface area contributed by atoms with E-state index in [-0.39, 0.29) is 24.4 Å². The van der Waals surface area contributed by atoms with E-state index in [2.05, 4.69) is 41.1 Å². The zero-order chi connectivity index (χ0) is 18.0. The summed E-state index contributed by atoms with van der Waals surface area (Å²) in [5.41, 5.74) is 9.79. The van der Waals surface area contributed by atoms with Crippen molar-refractivity contribution in [1.82, 2.24) is 9.88 Å². The molecular weight excluding hydrogens is 346 g/mol. The Morgan fingerprint density at radius 3 is 2.42 bits per heavy atom. The van der Waals surface area contributed by atoms with E-state index in [0.29, 0.717) is 6.54 Å². The summed E-state index contributed by atoms with van der Waals surface area (Å²) >= 11 is 0. The number of aryl methyl sites for hydroxylation is 1. The zero-order valence-electron chi connectivity index (χ0n) is 15.5. The summed E-state index contributed by atoms with van der Waals surface area (Å²) in [4.78, 5) is 12.8. The number of hydrogen-bond acceptors (Lipinski definition) is 2. The lowest BCUT2D eigenvalue weighted by atomic mass is 10.0. The molecule has 1 heterocycles. The van der Waals surface area contributed by atoms with Crippen LogP contribution in [0.15, 0.2) is 48.5 Å². The van der Waals surface area contributed by atoms with Crippen LogP contribution in [0.25, 0.3) is 10.8 Å². The molecule has 1 aromatic heterocycles. The van der Waals surface area contributed by atoms with Gasteiger partial charge in [-0.25, -0.2) is 0 Å². The summed E-state index contributed by atoms with van der Waals surface area (Å²) in [6, 6.07) is 16.1. The summed E-state index contributed by atoms with van der Waals surface area (Å²) < 4.78 is 2.14. The van der Waals surface area contributed by atoms with Crippen LogP contribution in [0.3, 0.4) is 0 Å². The third-order valence-corrected chi connectivity index (χ3v) is 4.85. The summed E-state index contributed by atoms with van der Waals surface area (Å²) in [7, 11) is 0. The molecule has 1 amide bonds. The Morgan fingerprint density at radius 1 is 1.12 bits per heavy atom. The van der Waals surface area contributed by atoms with Crippen molar-refractivity contribution in [3.63, 3.8) is 0 Å². The smallest absolute Gasteiger partial charge is 0.253 e. The first-order chi connectivity index (χ1) is 12.0. The van der Waals surface area contributed by atoms with Gasteiger partial charge in [-0.1, -0.05) is 36.4 Å². The van der Waals surface area contributed by atoms with Gasteiger partial charge in [-0.15, -0.1) is 12.4 Å². The molecule has 0 fully saturated rings. The lowest BCUT2D eigenvalue weighted by molar-refractivity contribution is 0.0937. The Labute approximate surface area is 160 Å². The standard InChI is InChI=1S/C21H25N3O.ClH/c1-4-24-14(2)11-19(15(24)3)21(25)23-20(13-22)18-10-9-16-7-5-6-8-17(16)12-18;/h5-12,20H,4,13,22H2,1-3H3,(H,23,25);1H. The molecule has 0 bridgehead atoms. The molecule has 5 heteroatoms. The second-order valence-electron chi connectivity index (χ2n) is 6.40. The predicted molar refractivity (Wildman–Crippen MR) is 110 cm³/mol. The molecule has 3 aromatic rings. The first-order valence-corrected chi connectivity index (χ1v) is 8.71. The molecule has 0 saturated carbocycles. The molecule has 1 atom stereocenters. The highest BCUT2D eigenvalue weighted by atomic mass is 35.5. The number of benzene rings is 2. The van der Waals surface area contributed by atoms with Gasteiger partial charge in [-0.3, -0.25) is 4.79 Å². The van der Waals surface area contributed by atoms with E-state index in [1.807, 2.05) is 38.1 Å². The Bertz CT molecular complexity index is 917. The first-order valence-electron chi connectivity index (χ1n) is 8.71. The van der Waals surface area contributed by atoms with Gasteiger partial charge in [0.25, 0.3) is 5.91 Å². The van der Waals surface area contributed by atoms with Crippen molar-refractivity contribution in [3.05, 3.63) is 71.0 Å². The number of carbonyl (C=O) groups excluding carboxylic acids is 1. The molecule has 3 N–H and O–H groups in total. The van der Waals surface area contributed by atoms with Gasteiger partial charge in [0.15, 0.2) is 0 Å². The van der Waals surface area contributed by atoms with Gasteiger partial charge in [0, 0.05) is 24.5 Å². The second-order valence-corrected chi connectivity index (χ2v) is 6.40. The number of carbonyl (C=O) groups is 1. The van der Waals surface area contributed by atoms with E-state index < -0.39 is 0 Å². The quantitative estimate of drug-likeness (QED) is 0.708. The van der Waals surface area contributed by atoms with Crippen molar-refractivity contribution in [2.45, 2.75) is 33.4 Å². The van der Waals surface area contributed by atoms with E-state index >= 15 is 0 Å². The number of nitrogens with one attached hydrogen (secondary N) is 1. The number of nitrogens with zero attached hydrogens (tertiary/aromatic N) is 1. The average molecular weight is 372 g/mol. The molecule has 4 nitrogen and oxygen atoms in total. The average Bonchev–Trinajstić information content (AvgIpc) is 2.92. The van der Waals surface area contributed by atoms with Crippen LogP contribution in [0, 0.1) is 13.8 Å². The number of aromatic nitrogens is 1.